The maximum atomic E-state index is 9.46. The van der Waals surface area contributed by atoms with Crippen molar-refractivity contribution in [3.8, 4) is 45.6 Å². The van der Waals surface area contributed by atoms with Crippen LogP contribution in [0.1, 0.15) is 124 Å². The van der Waals surface area contributed by atoms with Gasteiger partial charge in [0, 0.05) is 11.1 Å². The Hall–Kier alpha value is -6.06. The smallest absolute Gasteiger partial charge is 0.508 e. The van der Waals surface area contributed by atoms with Gasteiger partial charge in [-0.05, 0) is 154 Å². The van der Waals surface area contributed by atoms with Crippen LogP contribution in [0.2, 0.25) is 0 Å². The van der Waals surface area contributed by atoms with Crippen LogP contribution in [0.4, 0.5) is 0 Å². The molecule has 8 aromatic carbocycles. The summed E-state index contributed by atoms with van der Waals surface area (Å²) in [7, 11) is -2.31. The number of aryl methyl sites for hydroxylation is 4. The summed E-state index contributed by atoms with van der Waals surface area (Å²) >= 11 is 0. The highest BCUT2D eigenvalue weighted by Gasteiger charge is 2.28. The molecule has 0 spiro atoms. The molecule has 0 aromatic heterocycles. The van der Waals surface area contributed by atoms with Gasteiger partial charge in [-0.25, -0.2) is 0 Å². The van der Waals surface area contributed by atoms with Crippen LogP contribution in [0.5, 0.6) is 34.5 Å². The molecule has 352 valence electrons. The van der Waals surface area contributed by atoms with Crippen LogP contribution < -0.4 is 22.6 Å². The largest absolute Gasteiger partial charge is 0.530 e. The van der Waals surface area contributed by atoms with E-state index in [2.05, 4.69) is 191 Å². The average Bonchev–Trinajstić information content (AvgIpc) is 3.29. The monoisotopic (exact) mass is 944 g/mol. The summed E-state index contributed by atoms with van der Waals surface area (Å²) in [6, 6.07) is 49.9. The Bertz CT molecular complexity index is 2950. The van der Waals surface area contributed by atoms with Crippen molar-refractivity contribution in [1.29, 1.82) is 0 Å². The van der Waals surface area contributed by atoms with E-state index in [0.717, 1.165) is 94.4 Å². The predicted molar refractivity (Wildman–Crippen MR) is 288 cm³/mol. The fourth-order valence-corrected chi connectivity index (χ4v) is 9.96. The lowest BCUT2D eigenvalue weighted by Gasteiger charge is -2.25. The molecular formula is C60H66O6P2. The van der Waals surface area contributed by atoms with Gasteiger partial charge in [0.05, 0.1) is 0 Å². The maximum absolute atomic E-state index is 9.46. The van der Waals surface area contributed by atoms with Gasteiger partial charge >= 0.3 is 8.60 Å². The highest BCUT2D eigenvalue weighted by atomic mass is 31.2. The SMILES string of the molecule is Cc1ccc(C(C)C)c(O)c1.Cc1ccc(C(C)C)c(OPOc2ccc3ccccc3c2-c2c(OP(Oc3cc(C)ccc3C(C)C)Oc3cc(C)ccc3C(C)C)ccc3ccccc23)c1. The molecule has 0 aliphatic carbocycles. The number of benzene rings is 8. The summed E-state index contributed by atoms with van der Waals surface area (Å²) in [5.74, 6) is 5.25. The van der Waals surface area contributed by atoms with Crippen molar-refractivity contribution in [3.05, 3.63) is 190 Å². The van der Waals surface area contributed by atoms with Crippen molar-refractivity contribution in [3.63, 3.8) is 0 Å². The number of fused-ring (bicyclic) bond motifs is 2. The highest BCUT2D eigenvalue weighted by molar-refractivity contribution is 7.43. The first-order valence-corrected chi connectivity index (χ1v) is 25.6. The topological polar surface area (TPSA) is 66.4 Å². The van der Waals surface area contributed by atoms with Gasteiger partial charge in [0.15, 0.2) is 0 Å². The summed E-state index contributed by atoms with van der Waals surface area (Å²) in [5, 5.41) is 13.7. The molecule has 1 unspecified atom stereocenters. The van der Waals surface area contributed by atoms with E-state index >= 15 is 0 Å². The van der Waals surface area contributed by atoms with Gasteiger partial charge < -0.3 is 27.7 Å². The molecule has 1 N–H and O–H groups in total. The van der Waals surface area contributed by atoms with E-state index in [0.29, 0.717) is 29.1 Å². The van der Waals surface area contributed by atoms with Crippen molar-refractivity contribution in [2.75, 3.05) is 0 Å². The number of phenolic OH excluding ortho intramolecular Hbond substituents is 1. The fourth-order valence-electron chi connectivity index (χ4n) is 8.33. The van der Waals surface area contributed by atoms with E-state index in [-0.39, 0.29) is 20.9 Å². The second kappa shape index (κ2) is 22.4. The van der Waals surface area contributed by atoms with Gasteiger partial charge in [-0.15, -0.1) is 0 Å². The van der Waals surface area contributed by atoms with E-state index in [1.54, 1.807) is 6.07 Å². The van der Waals surface area contributed by atoms with Crippen molar-refractivity contribution in [1.82, 2.24) is 0 Å². The Morgan fingerprint density at radius 2 is 0.750 bits per heavy atom. The third kappa shape index (κ3) is 12.0. The second-order valence-electron chi connectivity index (χ2n) is 18.9. The van der Waals surface area contributed by atoms with Gasteiger partial charge in [-0.3, -0.25) is 0 Å². The second-order valence-corrected chi connectivity index (χ2v) is 20.5. The zero-order valence-corrected chi connectivity index (χ0v) is 43.5. The molecule has 0 amide bonds. The zero-order chi connectivity index (χ0) is 48.6. The van der Waals surface area contributed by atoms with Crippen molar-refractivity contribution < 1.29 is 27.7 Å². The lowest BCUT2D eigenvalue weighted by molar-refractivity contribution is 0.384. The van der Waals surface area contributed by atoms with Crippen LogP contribution in [-0.2, 0) is 0 Å². The lowest BCUT2D eigenvalue weighted by Crippen LogP contribution is -2.07. The van der Waals surface area contributed by atoms with Crippen LogP contribution in [0, 0.1) is 27.7 Å². The molecule has 8 aromatic rings. The Labute approximate surface area is 407 Å². The molecule has 0 fully saturated rings. The molecule has 0 radical (unpaired) electrons. The first kappa shape index (κ1) is 49.8. The Kier molecular flexibility index (Phi) is 16.4. The standard InChI is InChI=1S/C50H52O5P2.C10H14O/c1-31(2)39-23-18-34(7)28-46(39)52-56-51-44-26-21-37-14-10-12-16-42(37)49(44)50-43-17-13-11-15-38(43)22-27-45(50)53-57(54-47-29-35(8)19-24-40(47)32(3)4)55-48-30-36(9)20-25-41(48)33(5)6;1-7(2)9-5-4-8(3)6-10(9)11/h10-33,56H,1-9H3;4-7,11H,1-3H3. The van der Waals surface area contributed by atoms with Crippen LogP contribution in [-0.4, -0.2) is 5.11 Å². The molecule has 0 saturated heterocycles. The normalized spacial score (nSPS) is 11.6. The van der Waals surface area contributed by atoms with Crippen LogP contribution in [0.3, 0.4) is 0 Å². The summed E-state index contributed by atoms with van der Waals surface area (Å²) in [6.45, 7) is 25.4. The number of hydrogen-bond donors (Lipinski definition) is 1. The summed E-state index contributed by atoms with van der Waals surface area (Å²) in [5.41, 5.74) is 10.6. The fraction of sp³-hybridized carbons (Fsp3) is 0.267. The Morgan fingerprint density at radius 1 is 0.382 bits per heavy atom. The summed E-state index contributed by atoms with van der Waals surface area (Å²) in [6.07, 6.45) is 0. The molecule has 0 saturated carbocycles. The molecule has 6 nitrogen and oxygen atoms in total. The average molecular weight is 945 g/mol. The maximum Gasteiger partial charge on any atom is 0.530 e. The van der Waals surface area contributed by atoms with E-state index in [1.807, 2.05) is 31.2 Å². The first-order valence-electron chi connectivity index (χ1n) is 23.7. The predicted octanol–water partition coefficient (Wildman–Crippen LogP) is 18.5. The molecule has 0 bridgehead atoms. The number of phenols is 1. The molecule has 0 heterocycles. The third-order valence-corrected chi connectivity index (χ3v) is 13.7. The van der Waals surface area contributed by atoms with E-state index in [9.17, 15) is 5.11 Å². The molecule has 8 rings (SSSR count). The van der Waals surface area contributed by atoms with E-state index in [1.165, 1.54) is 0 Å². The van der Waals surface area contributed by atoms with Gasteiger partial charge in [0.2, 0.25) is 0 Å². The van der Waals surface area contributed by atoms with Gasteiger partial charge in [0.1, 0.15) is 34.5 Å². The highest BCUT2D eigenvalue weighted by Crippen LogP contribution is 2.52. The Balaban J connectivity index is 0.000000548. The van der Waals surface area contributed by atoms with Crippen molar-refractivity contribution in [2.24, 2.45) is 0 Å². The van der Waals surface area contributed by atoms with E-state index < -0.39 is 8.60 Å². The van der Waals surface area contributed by atoms with E-state index in [4.69, 9.17) is 22.6 Å². The minimum atomic E-state index is -2.03. The van der Waals surface area contributed by atoms with Crippen molar-refractivity contribution >= 4 is 39.2 Å². The molecule has 8 heteroatoms. The van der Waals surface area contributed by atoms with Gasteiger partial charge in [-0.2, -0.15) is 0 Å². The van der Waals surface area contributed by atoms with Gasteiger partial charge in [-0.1, -0.05) is 165 Å². The molecule has 0 aliphatic heterocycles. The summed E-state index contributed by atoms with van der Waals surface area (Å²) in [4.78, 5) is 0. The van der Waals surface area contributed by atoms with Gasteiger partial charge in [0.25, 0.3) is 9.03 Å². The van der Waals surface area contributed by atoms with Crippen LogP contribution in [0.25, 0.3) is 32.7 Å². The molecule has 1 atom stereocenters. The number of rotatable bonds is 15. The molecular weight excluding hydrogens is 879 g/mol. The number of aromatic hydroxyl groups is 1. The minimum absolute atomic E-state index is 0.230. The molecule has 68 heavy (non-hydrogen) atoms. The summed E-state index contributed by atoms with van der Waals surface area (Å²) < 4.78 is 34.1. The van der Waals surface area contributed by atoms with Crippen LogP contribution in [0.15, 0.2) is 146 Å². The Morgan fingerprint density at radius 3 is 1.22 bits per heavy atom. The zero-order valence-electron chi connectivity index (χ0n) is 41.6. The quantitative estimate of drug-likeness (QED) is 0.103. The van der Waals surface area contributed by atoms with Crippen LogP contribution >= 0.6 is 17.6 Å². The number of hydrogen-bond acceptors (Lipinski definition) is 6. The first-order chi connectivity index (χ1) is 32.6. The lowest BCUT2D eigenvalue weighted by atomic mass is 9.92. The third-order valence-electron chi connectivity index (χ3n) is 12.0. The van der Waals surface area contributed by atoms with Crippen molar-refractivity contribution in [2.45, 2.75) is 107 Å². The molecule has 0 aliphatic rings. The minimum Gasteiger partial charge on any atom is -0.508 e.